The van der Waals surface area contributed by atoms with Gasteiger partial charge in [-0.25, -0.2) is 0 Å². The van der Waals surface area contributed by atoms with Crippen LogP contribution < -0.4 is 0 Å². The summed E-state index contributed by atoms with van der Waals surface area (Å²) in [4.78, 5) is 38.3. The van der Waals surface area contributed by atoms with Crippen LogP contribution in [-0.2, 0) is 28.6 Å². The molecule has 6 nitrogen and oxygen atoms in total. The lowest BCUT2D eigenvalue weighted by molar-refractivity contribution is -0.167. The van der Waals surface area contributed by atoms with Crippen LogP contribution in [-0.4, -0.2) is 37.2 Å². The normalized spacial score (nSPS) is 12.7. The van der Waals surface area contributed by atoms with Gasteiger partial charge in [0.2, 0.25) is 0 Å². The zero-order valence-electron chi connectivity index (χ0n) is 50.7. The number of hydrogen-bond donors (Lipinski definition) is 0. The van der Waals surface area contributed by atoms with E-state index in [1.807, 2.05) is 0 Å². The average Bonchev–Trinajstić information content (AvgIpc) is 3.43. The van der Waals surface area contributed by atoms with Gasteiger partial charge in [-0.15, -0.1) is 0 Å². The molecule has 0 aliphatic rings. The zero-order valence-corrected chi connectivity index (χ0v) is 50.7. The first-order valence-electron chi connectivity index (χ1n) is 32.7. The predicted octanol–water partition coefficient (Wildman–Crippen LogP) is 22.4. The number of unbranched alkanes of at least 4 members (excludes halogenated alkanes) is 32. The van der Waals surface area contributed by atoms with Crippen LogP contribution in [0.25, 0.3) is 0 Å². The molecule has 1 unspecified atom stereocenters. The first-order chi connectivity index (χ1) is 38.0. The molecule has 77 heavy (non-hydrogen) atoms. The minimum atomic E-state index is -0.795. The molecule has 0 N–H and O–H groups in total. The standard InChI is InChI=1S/C71H122O6/c1-4-7-10-13-16-19-22-25-28-30-32-33-34-35-36-37-39-40-43-46-49-52-55-58-61-64-70(73)76-67-68(66-75-69(72)63-60-57-54-51-48-45-42-27-24-21-18-15-12-9-6-3)77-71(74)65-62-59-56-53-50-47-44-41-38-31-29-26-23-20-17-14-11-8-5-2/h7,9-10,12,16,18-19,21,25,27-28,32-33,42,48,51,68H,4-6,8,11,13-15,17,20,22-24,26,29-31,34-41,43-47,49-50,52-67H2,1-3H3/b10-7-,12-9-,19-16-,21-18-,28-25-,33-32-,42-27-,51-48-. The van der Waals surface area contributed by atoms with E-state index in [4.69, 9.17) is 14.2 Å². The van der Waals surface area contributed by atoms with Gasteiger partial charge in [-0.2, -0.15) is 0 Å². The molecule has 1 atom stereocenters. The monoisotopic (exact) mass is 1070 g/mol. The number of hydrogen-bond acceptors (Lipinski definition) is 6. The number of esters is 3. The molecule has 0 aliphatic carbocycles. The molecule has 0 saturated heterocycles. The van der Waals surface area contributed by atoms with Gasteiger partial charge in [0.05, 0.1) is 0 Å². The second kappa shape index (κ2) is 64.9. The van der Waals surface area contributed by atoms with Gasteiger partial charge in [0.15, 0.2) is 6.10 Å². The highest BCUT2D eigenvalue weighted by atomic mass is 16.6. The molecule has 0 saturated carbocycles. The third kappa shape index (κ3) is 63.0. The minimum absolute atomic E-state index is 0.0891. The summed E-state index contributed by atoms with van der Waals surface area (Å²) in [7, 11) is 0. The van der Waals surface area contributed by atoms with Gasteiger partial charge >= 0.3 is 17.9 Å². The Morgan fingerprint density at radius 3 is 0.818 bits per heavy atom. The molecule has 442 valence electrons. The Morgan fingerprint density at radius 1 is 0.273 bits per heavy atom. The number of ether oxygens (including phenoxy) is 3. The Kier molecular flexibility index (Phi) is 61.8. The molecule has 0 spiro atoms. The van der Waals surface area contributed by atoms with Crippen LogP contribution in [0, 0.1) is 0 Å². The van der Waals surface area contributed by atoms with E-state index in [-0.39, 0.29) is 31.1 Å². The van der Waals surface area contributed by atoms with E-state index < -0.39 is 6.10 Å². The molecule has 0 radical (unpaired) electrons. The van der Waals surface area contributed by atoms with Gasteiger partial charge < -0.3 is 14.2 Å². The van der Waals surface area contributed by atoms with Crippen LogP contribution >= 0.6 is 0 Å². The molecule has 0 fully saturated rings. The second-order valence-electron chi connectivity index (χ2n) is 21.6. The highest BCUT2D eigenvalue weighted by molar-refractivity contribution is 5.71. The Balaban J connectivity index is 4.35. The molecule has 0 amide bonds. The summed E-state index contributed by atoms with van der Waals surface area (Å²) < 4.78 is 16.9. The molecule has 0 aliphatic heterocycles. The summed E-state index contributed by atoms with van der Waals surface area (Å²) in [5.74, 6) is -0.920. The number of rotatable bonds is 59. The van der Waals surface area contributed by atoms with Crippen LogP contribution in [0.3, 0.4) is 0 Å². The maximum atomic E-state index is 12.9. The van der Waals surface area contributed by atoms with Crippen molar-refractivity contribution in [1.29, 1.82) is 0 Å². The van der Waals surface area contributed by atoms with Crippen molar-refractivity contribution in [2.24, 2.45) is 0 Å². The molecule has 0 aromatic carbocycles. The maximum absolute atomic E-state index is 12.9. The second-order valence-corrected chi connectivity index (χ2v) is 21.6. The average molecular weight is 1070 g/mol. The van der Waals surface area contributed by atoms with E-state index in [1.54, 1.807) is 0 Å². The van der Waals surface area contributed by atoms with Crippen LogP contribution in [0.15, 0.2) is 97.2 Å². The van der Waals surface area contributed by atoms with Gasteiger partial charge in [-0.1, -0.05) is 298 Å². The van der Waals surface area contributed by atoms with Crippen molar-refractivity contribution in [2.45, 2.75) is 322 Å². The fourth-order valence-corrected chi connectivity index (χ4v) is 9.25. The molecule has 0 aromatic rings. The summed E-state index contributed by atoms with van der Waals surface area (Å²) in [5, 5.41) is 0. The van der Waals surface area contributed by atoms with Gasteiger partial charge in [0.1, 0.15) is 13.2 Å². The first-order valence-corrected chi connectivity index (χ1v) is 32.7. The van der Waals surface area contributed by atoms with Crippen molar-refractivity contribution in [3.05, 3.63) is 97.2 Å². The van der Waals surface area contributed by atoms with Crippen molar-refractivity contribution in [1.82, 2.24) is 0 Å². The Hall–Kier alpha value is -3.67. The highest BCUT2D eigenvalue weighted by Gasteiger charge is 2.19. The molecule has 0 bridgehead atoms. The van der Waals surface area contributed by atoms with Crippen LogP contribution in [0.5, 0.6) is 0 Å². The quantitative estimate of drug-likeness (QED) is 0.0261. The van der Waals surface area contributed by atoms with Crippen molar-refractivity contribution in [3.63, 3.8) is 0 Å². The van der Waals surface area contributed by atoms with Crippen LogP contribution in [0.2, 0.25) is 0 Å². The lowest BCUT2D eigenvalue weighted by Crippen LogP contribution is -2.30. The molecule has 0 aromatic heterocycles. The highest BCUT2D eigenvalue weighted by Crippen LogP contribution is 2.17. The van der Waals surface area contributed by atoms with Crippen LogP contribution in [0.4, 0.5) is 0 Å². The number of carbonyl (C=O) groups is 3. The zero-order chi connectivity index (χ0) is 55.7. The van der Waals surface area contributed by atoms with Crippen molar-refractivity contribution < 1.29 is 28.6 Å². The minimum Gasteiger partial charge on any atom is -0.462 e. The van der Waals surface area contributed by atoms with Crippen molar-refractivity contribution in [2.75, 3.05) is 13.2 Å². The fraction of sp³-hybridized carbons (Fsp3) is 0.732. The molecule has 6 heteroatoms. The number of carbonyl (C=O) groups excluding carboxylic acids is 3. The van der Waals surface area contributed by atoms with Gasteiger partial charge in [-0.05, 0) is 96.3 Å². The summed E-state index contributed by atoms with van der Waals surface area (Å²) in [6.45, 7) is 6.42. The van der Waals surface area contributed by atoms with Crippen molar-refractivity contribution in [3.8, 4) is 0 Å². The summed E-state index contributed by atoms with van der Waals surface area (Å²) in [6, 6.07) is 0. The molecular weight excluding hydrogens is 949 g/mol. The molecule has 0 heterocycles. The van der Waals surface area contributed by atoms with Gasteiger partial charge in [0.25, 0.3) is 0 Å². The Morgan fingerprint density at radius 2 is 0.506 bits per heavy atom. The van der Waals surface area contributed by atoms with Gasteiger partial charge in [-0.3, -0.25) is 14.4 Å². The van der Waals surface area contributed by atoms with E-state index in [2.05, 4.69) is 118 Å². The largest absolute Gasteiger partial charge is 0.462 e. The van der Waals surface area contributed by atoms with E-state index >= 15 is 0 Å². The van der Waals surface area contributed by atoms with Crippen LogP contribution in [0.1, 0.15) is 316 Å². The van der Waals surface area contributed by atoms with E-state index in [0.29, 0.717) is 19.3 Å². The summed E-state index contributed by atoms with van der Waals surface area (Å²) in [6.07, 6.45) is 87.1. The third-order valence-electron chi connectivity index (χ3n) is 14.1. The van der Waals surface area contributed by atoms with Crippen molar-refractivity contribution >= 4 is 17.9 Å². The van der Waals surface area contributed by atoms with E-state index in [1.165, 1.54) is 167 Å². The molecular formula is C71H122O6. The number of allylic oxidation sites excluding steroid dienone is 16. The fourth-order valence-electron chi connectivity index (χ4n) is 9.25. The van der Waals surface area contributed by atoms with Gasteiger partial charge in [0, 0.05) is 19.3 Å². The topological polar surface area (TPSA) is 78.9 Å². The maximum Gasteiger partial charge on any atom is 0.306 e. The SMILES string of the molecule is CC/C=C\C/C=C\C/C=C\C/C=C\CCCCCCCCCCCCCCC(=O)OCC(COC(=O)CCCC/C=C\C/C=C\C/C=C\C/C=C\CC)OC(=O)CCCCCCCCCCCCCCCCCCCCC. The first kappa shape index (κ1) is 73.3. The Bertz CT molecular complexity index is 1510. The summed E-state index contributed by atoms with van der Waals surface area (Å²) in [5.41, 5.74) is 0. The Labute approximate surface area is 477 Å². The predicted molar refractivity (Wildman–Crippen MR) is 334 cm³/mol. The lowest BCUT2D eigenvalue weighted by atomic mass is 10.0. The third-order valence-corrected chi connectivity index (χ3v) is 14.1. The lowest BCUT2D eigenvalue weighted by Gasteiger charge is -2.18. The molecule has 0 rings (SSSR count). The smallest absolute Gasteiger partial charge is 0.306 e. The van der Waals surface area contributed by atoms with E-state index in [9.17, 15) is 14.4 Å². The van der Waals surface area contributed by atoms with E-state index in [0.717, 1.165) is 109 Å². The summed E-state index contributed by atoms with van der Waals surface area (Å²) >= 11 is 0.